The molecule has 2 aromatic rings. The number of carbonyl (C=O) groups is 5. The highest BCUT2D eigenvalue weighted by Gasteiger charge is 2.05. The second-order valence-corrected chi connectivity index (χ2v) is 10.8. The molecule has 0 aliphatic carbocycles. The molecule has 0 aromatic carbocycles. The predicted molar refractivity (Wildman–Crippen MR) is 174 cm³/mol. The van der Waals surface area contributed by atoms with E-state index in [1.807, 2.05) is 38.1 Å². The van der Waals surface area contributed by atoms with Crippen molar-refractivity contribution < 1.29 is 32.8 Å². The van der Waals surface area contributed by atoms with Gasteiger partial charge in [-0.25, -0.2) is 0 Å². The molecule has 0 unspecified atom stereocenters. The van der Waals surface area contributed by atoms with Crippen LogP contribution in [0.2, 0.25) is 0 Å². The molecule has 7 heteroatoms. The molecule has 2 heterocycles. The van der Waals surface area contributed by atoms with Crippen molar-refractivity contribution in [3.05, 3.63) is 53.4 Å². The first-order valence-corrected chi connectivity index (χ1v) is 15.6. The lowest BCUT2D eigenvalue weighted by atomic mass is 10.1. The second kappa shape index (κ2) is 27.5. The van der Waals surface area contributed by atoms with Crippen molar-refractivity contribution in [1.82, 2.24) is 0 Å². The Kier molecular flexibility index (Phi) is 26.7. The molecule has 7 nitrogen and oxygen atoms in total. The van der Waals surface area contributed by atoms with Crippen LogP contribution in [0.1, 0.15) is 142 Å². The smallest absolute Gasteiger partial charge is 0.152 e. The third-order valence-electron chi connectivity index (χ3n) is 5.98. The molecule has 2 aromatic heterocycles. The lowest BCUT2D eigenvalue weighted by molar-refractivity contribution is -0.125. The normalized spacial score (nSPS) is 10.0. The van der Waals surface area contributed by atoms with Gasteiger partial charge in [0, 0.05) is 38.5 Å². The Labute approximate surface area is 259 Å². The zero-order valence-electron chi connectivity index (χ0n) is 28.0. The van der Waals surface area contributed by atoms with Gasteiger partial charge in [-0.2, -0.15) is 0 Å². The fourth-order valence-electron chi connectivity index (χ4n) is 3.45. The molecular formula is C36H56O7. The quantitative estimate of drug-likeness (QED) is 0.131. The Balaban J connectivity index is 0. The van der Waals surface area contributed by atoms with Gasteiger partial charge in [-0.1, -0.05) is 58.8 Å². The predicted octanol–water partition coefficient (Wildman–Crippen LogP) is 9.35. The number of hydrogen-bond acceptors (Lipinski definition) is 7. The molecule has 242 valence electrons. The monoisotopic (exact) mass is 600 g/mol. The van der Waals surface area contributed by atoms with E-state index in [0.29, 0.717) is 19.3 Å². The van der Waals surface area contributed by atoms with Crippen molar-refractivity contribution in [3.8, 4) is 0 Å². The van der Waals surface area contributed by atoms with E-state index in [1.54, 1.807) is 13.0 Å². The molecule has 0 amide bonds. The summed E-state index contributed by atoms with van der Waals surface area (Å²) in [6.45, 7) is 14.3. The zero-order chi connectivity index (χ0) is 33.0. The van der Waals surface area contributed by atoms with E-state index in [1.165, 1.54) is 71.8 Å². The summed E-state index contributed by atoms with van der Waals surface area (Å²) in [5.41, 5.74) is 0. The van der Waals surface area contributed by atoms with Gasteiger partial charge in [0.25, 0.3) is 0 Å². The van der Waals surface area contributed by atoms with E-state index in [0.717, 1.165) is 29.5 Å². The van der Waals surface area contributed by atoms with Crippen LogP contribution in [0.15, 0.2) is 39.2 Å². The minimum absolute atomic E-state index is 0.000370. The van der Waals surface area contributed by atoms with Crippen molar-refractivity contribution >= 4 is 35.0 Å². The van der Waals surface area contributed by atoms with Gasteiger partial charge < -0.3 is 23.2 Å². The number of hydrogen-bond donors (Lipinski definition) is 0. The first-order valence-electron chi connectivity index (χ1n) is 15.6. The Morgan fingerprint density at radius 2 is 1.07 bits per heavy atom. The lowest BCUT2D eigenvalue weighted by Gasteiger charge is -1.96. The molecule has 0 bridgehead atoms. The first kappa shape index (κ1) is 41.8. The molecule has 0 atom stereocenters. The van der Waals surface area contributed by atoms with Gasteiger partial charge in [0.05, 0.1) is 0 Å². The van der Waals surface area contributed by atoms with Crippen LogP contribution in [-0.4, -0.2) is 28.9 Å². The Bertz CT molecular complexity index is 1060. The number of unbranched alkanes of at least 4 members (excludes halogenated alkanes) is 6. The van der Waals surface area contributed by atoms with Crippen LogP contribution >= 0.6 is 0 Å². The molecule has 0 spiro atoms. The van der Waals surface area contributed by atoms with E-state index in [4.69, 9.17) is 8.83 Å². The molecule has 0 saturated heterocycles. The van der Waals surface area contributed by atoms with Gasteiger partial charge in [0.2, 0.25) is 0 Å². The fourth-order valence-corrected chi connectivity index (χ4v) is 3.45. The van der Waals surface area contributed by atoms with E-state index in [-0.39, 0.29) is 41.8 Å². The maximum atomic E-state index is 10.9. The van der Waals surface area contributed by atoms with E-state index < -0.39 is 0 Å². The van der Waals surface area contributed by atoms with Crippen LogP contribution in [0.25, 0.3) is 6.08 Å². The average Bonchev–Trinajstić information content (AvgIpc) is 3.56. The number of furan rings is 2. The van der Waals surface area contributed by atoms with Gasteiger partial charge in [-0.15, -0.1) is 0 Å². The Morgan fingerprint density at radius 1 is 0.605 bits per heavy atom. The highest BCUT2D eigenvalue weighted by Crippen LogP contribution is 2.09. The van der Waals surface area contributed by atoms with Gasteiger partial charge >= 0.3 is 0 Å². The molecule has 0 aliphatic heterocycles. The Morgan fingerprint density at radius 3 is 1.44 bits per heavy atom. The highest BCUT2D eigenvalue weighted by molar-refractivity contribution is 5.91. The third-order valence-corrected chi connectivity index (χ3v) is 5.98. The first-order chi connectivity index (χ1) is 20.3. The van der Waals surface area contributed by atoms with E-state index in [9.17, 15) is 24.0 Å². The fraction of sp³-hybridized carbons (Fsp3) is 0.583. The molecule has 43 heavy (non-hydrogen) atoms. The van der Waals surface area contributed by atoms with Crippen molar-refractivity contribution in [2.75, 3.05) is 0 Å². The molecule has 0 radical (unpaired) electrons. The minimum atomic E-state index is 0.000370. The number of Topliss-reactive ketones (excluding diaryl/α,β-unsaturated/α-hetero) is 4. The molecule has 2 rings (SSSR count). The summed E-state index contributed by atoms with van der Waals surface area (Å²) in [6.07, 6.45) is 15.6. The number of carbonyl (C=O) groups excluding carboxylic acids is 5. The second-order valence-electron chi connectivity index (χ2n) is 10.8. The summed E-state index contributed by atoms with van der Waals surface area (Å²) in [4.78, 5) is 53.0. The third kappa shape index (κ3) is 31.4. The molecule has 0 N–H and O–H groups in total. The number of rotatable bonds is 17. The molecule has 0 fully saturated rings. The molecule has 0 aliphatic rings. The van der Waals surface area contributed by atoms with Crippen LogP contribution in [-0.2, 0) is 30.4 Å². The largest absolute Gasteiger partial charge is 0.466 e. The number of allylic oxidation sites excluding steroid dienone is 1. The van der Waals surface area contributed by atoms with Crippen LogP contribution in [0.3, 0.4) is 0 Å². The SMILES string of the molecule is CC(=O)/C=C/c1ccc(C)o1.CC(=O)CCC(=O)CCC(C)=O.CC(=O)CCc1ccc(C)o1.CCCCCCCCC. The molecule has 0 saturated carbocycles. The van der Waals surface area contributed by atoms with Crippen molar-refractivity contribution in [3.63, 3.8) is 0 Å². The minimum Gasteiger partial charge on any atom is -0.466 e. The molecular weight excluding hydrogens is 544 g/mol. The average molecular weight is 601 g/mol. The van der Waals surface area contributed by atoms with Crippen molar-refractivity contribution in [2.45, 2.75) is 139 Å². The topological polar surface area (TPSA) is 112 Å². The maximum Gasteiger partial charge on any atom is 0.152 e. The number of aryl methyl sites for hydroxylation is 3. The van der Waals surface area contributed by atoms with Crippen LogP contribution < -0.4 is 0 Å². The van der Waals surface area contributed by atoms with E-state index in [2.05, 4.69) is 13.8 Å². The summed E-state index contributed by atoms with van der Waals surface area (Å²) in [5, 5.41) is 0. The van der Waals surface area contributed by atoms with Crippen molar-refractivity contribution in [2.24, 2.45) is 0 Å². The number of ketones is 5. The van der Waals surface area contributed by atoms with Gasteiger partial charge in [0.15, 0.2) is 5.78 Å². The lowest BCUT2D eigenvalue weighted by Crippen LogP contribution is -2.03. The van der Waals surface area contributed by atoms with Gasteiger partial charge in [-0.3, -0.25) is 9.59 Å². The maximum absolute atomic E-state index is 10.9. The van der Waals surface area contributed by atoms with Gasteiger partial charge in [-0.05, 0) is 78.0 Å². The zero-order valence-corrected chi connectivity index (χ0v) is 28.0. The van der Waals surface area contributed by atoms with Crippen LogP contribution in [0.5, 0.6) is 0 Å². The summed E-state index contributed by atoms with van der Waals surface area (Å²) in [7, 11) is 0. The Hall–Kier alpha value is -3.35. The van der Waals surface area contributed by atoms with E-state index >= 15 is 0 Å². The summed E-state index contributed by atoms with van der Waals surface area (Å²) >= 11 is 0. The van der Waals surface area contributed by atoms with Crippen LogP contribution in [0, 0.1) is 13.8 Å². The summed E-state index contributed by atoms with van der Waals surface area (Å²) in [5.74, 6) is 3.66. The summed E-state index contributed by atoms with van der Waals surface area (Å²) < 4.78 is 10.5. The summed E-state index contributed by atoms with van der Waals surface area (Å²) in [6, 6.07) is 7.52. The standard InChI is InChI=1S/C9H14O3.C9H12O2.C9H10O2.C9H20/c1-7(10)3-5-9(12)6-4-8(2)11;2*1-7(10)3-5-9-6-4-8(2)11-9;1-3-5-7-9-8-6-4-2/h3-6H2,1-2H3;4,6H,3,5H2,1-2H3;3-6H,1-2H3;3-9H2,1-2H3/b;;5-3+;. The van der Waals surface area contributed by atoms with Gasteiger partial charge in [0.1, 0.15) is 46.2 Å². The van der Waals surface area contributed by atoms with Crippen LogP contribution in [0.4, 0.5) is 0 Å². The highest BCUT2D eigenvalue weighted by atomic mass is 16.3. The van der Waals surface area contributed by atoms with Crippen molar-refractivity contribution in [1.29, 1.82) is 0 Å².